The smallest absolute Gasteiger partial charge is 0.272 e. The van der Waals surface area contributed by atoms with Crippen molar-refractivity contribution < 1.29 is 14.3 Å². The summed E-state index contributed by atoms with van der Waals surface area (Å²) < 4.78 is 5.53. The summed E-state index contributed by atoms with van der Waals surface area (Å²) in [5.74, 6) is -0.115. The Balaban J connectivity index is 1.46. The second kappa shape index (κ2) is 11.3. The van der Waals surface area contributed by atoms with Crippen LogP contribution >= 0.6 is 23.2 Å². The zero-order valence-corrected chi connectivity index (χ0v) is 18.7. The number of carbonyl (C=O) groups is 2. The van der Waals surface area contributed by atoms with Crippen LogP contribution in [0.2, 0.25) is 10.0 Å². The highest BCUT2D eigenvalue weighted by atomic mass is 35.5. The number of benzene rings is 3. The molecular weight excluding hydrogens is 449 g/mol. The van der Waals surface area contributed by atoms with Gasteiger partial charge in [-0.3, -0.25) is 9.59 Å². The molecule has 2 amide bonds. The van der Waals surface area contributed by atoms with Crippen LogP contribution in [0.4, 0.5) is 0 Å². The predicted molar refractivity (Wildman–Crippen MR) is 126 cm³/mol. The number of rotatable bonds is 8. The molecule has 1 atom stereocenters. The lowest BCUT2D eigenvalue weighted by atomic mass is 10.1. The van der Waals surface area contributed by atoms with Crippen molar-refractivity contribution in [2.75, 3.05) is 6.61 Å². The summed E-state index contributed by atoms with van der Waals surface area (Å²) in [7, 11) is 0. The quantitative estimate of drug-likeness (QED) is 0.359. The summed E-state index contributed by atoms with van der Waals surface area (Å²) in [6, 6.07) is 21.1. The molecule has 3 aromatic carbocycles. The van der Waals surface area contributed by atoms with E-state index in [4.69, 9.17) is 27.9 Å². The van der Waals surface area contributed by atoms with Gasteiger partial charge in [0.15, 0.2) is 6.61 Å². The first kappa shape index (κ1) is 23.3. The molecule has 0 fully saturated rings. The van der Waals surface area contributed by atoms with Gasteiger partial charge < -0.3 is 10.1 Å². The first-order valence-corrected chi connectivity index (χ1v) is 10.5. The van der Waals surface area contributed by atoms with Crippen LogP contribution < -0.4 is 15.5 Å². The van der Waals surface area contributed by atoms with E-state index in [2.05, 4.69) is 15.8 Å². The van der Waals surface area contributed by atoms with Crippen LogP contribution in [0.25, 0.3) is 0 Å². The lowest BCUT2D eigenvalue weighted by molar-refractivity contribution is -0.123. The summed E-state index contributed by atoms with van der Waals surface area (Å²) in [5, 5.41) is 7.51. The van der Waals surface area contributed by atoms with E-state index in [1.165, 1.54) is 18.3 Å². The maximum Gasteiger partial charge on any atom is 0.272 e. The third-order valence-electron chi connectivity index (χ3n) is 4.48. The van der Waals surface area contributed by atoms with E-state index < -0.39 is 5.91 Å². The monoisotopic (exact) mass is 469 g/mol. The van der Waals surface area contributed by atoms with Gasteiger partial charge in [-0.25, -0.2) is 5.43 Å². The number of nitrogens with one attached hydrogen (secondary N) is 2. The Kier molecular flexibility index (Phi) is 8.25. The second-order valence-corrected chi connectivity index (χ2v) is 7.72. The molecule has 6 nitrogen and oxygen atoms in total. The van der Waals surface area contributed by atoms with Crippen LogP contribution in [0, 0.1) is 0 Å². The standard InChI is InChI=1S/C24H21Cl2N3O3/c1-16(18-5-3-2-4-6-18)28-23(30)15-32-20-10-7-17(8-11-20)14-27-29-24(31)21-12-9-19(25)13-22(21)26/h2-14,16H,15H2,1H3,(H,28,30)(H,29,31)/b27-14+/t16-/m1/s1. The number of ether oxygens (including phenoxy) is 1. The van der Waals surface area contributed by atoms with E-state index in [0.29, 0.717) is 10.8 Å². The highest BCUT2D eigenvalue weighted by molar-refractivity contribution is 6.36. The molecule has 0 bridgehead atoms. The maximum atomic E-state index is 12.1. The zero-order chi connectivity index (χ0) is 22.9. The van der Waals surface area contributed by atoms with E-state index >= 15 is 0 Å². The molecule has 0 saturated heterocycles. The van der Waals surface area contributed by atoms with Crippen LogP contribution in [0.5, 0.6) is 5.75 Å². The van der Waals surface area contributed by atoms with Gasteiger partial charge in [-0.05, 0) is 60.5 Å². The van der Waals surface area contributed by atoms with Gasteiger partial charge in [0.2, 0.25) is 0 Å². The average Bonchev–Trinajstić information content (AvgIpc) is 2.79. The number of carbonyl (C=O) groups excluding carboxylic acids is 2. The third kappa shape index (κ3) is 6.83. The molecule has 0 saturated carbocycles. The molecular formula is C24H21Cl2N3O3. The number of hydrogen-bond donors (Lipinski definition) is 2. The van der Waals surface area contributed by atoms with Crippen molar-refractivity contribution in [3.8, 4) is 5.75 Å². The van der Waals surface area contributed by atoms with E-state index in [1.807, 2.05) is 37.3 Å². The molecule has 8 heteroatoms. The van der Waals surface area contributed by atoms with Crippen molar-refractivity contribution >= 4 is 41.2 Å². The number of halogens is 2. The van der Waals surface area contributed by atoms with Crippen LogP contribution in [-0.4, -0.2) is 24.6 Å². The average molecular weight is 470 g/mol. The molecule has 0 radical (unpaired) electrons. The minimum Gasteiger partial charge on any atom is -0.484 e. The van der Waals surface area contributed by atoms with E-state index in [-0.39, 0.29) is 29.1 Å². The molecule has 0 aliphatic rings. The molecule has 0 spiro atoms. The third-order valence-corrected chi connectivity index (χ3v) is 5.03. The summed E-state index contributed by atoms with van der Waals surface area (Å²) in [6.07, 6.45) is 1.49. The normalized spacial score (nSPS) is 11.7. The molecule has 3 aromatic rings. The fraction of sp³-hybridized carbons (Fsp3) is 0.125. The first-order valence-electron chi connectivity index (χ1n) is 9.78. The Morgan fingerprint density at radius 2 is 1.75 bits per heavy atom. The van der Waals surface area contributed by atoms with Gasteiger partial charge in [0.05, 0.1) is 22.8 Å². The zero-order valence-electron chi connectivity index (χ0n) is 17.2. The maximum absolute atomic E-state index is 12.1. The molecule has 0 aromatic heterocycles. The minimum absolute atomic E-state index is 0.0947. The topological polar surface area (TPSA) is 79.8 Å². The highest BCUT2D eigenvalue weighted by Gasteiger charge is 2.10. The van der Waals surface area contributed by atoms with Crippen LogP contribution in [0.3, 0.4) is 0 Å². The van der Waals surface area contributed by atoms with Crippen molar-refractivity contribution in [1.82, 2.24) is 10.7 Å². The highest BCUT2D eigenvalue weighted by Crippen LogP contribution is 2.20. The Morgan fingerprint density at radius 1 is 1.03 bits per heavy atom. The molecule has 0 aliphatic heterocycles. The van der Waals surface area contributed by atoms with Gasteiger partial charge in [0.25, 0.3) is 11.8 Å². The van der Waals surface area contributed by atoms with E-state index in [0.717, 1.165) is 11.1 Å². The minimum atomic E-state index is -0.446. The second-order valence-electron chi connectivity index (χ2n) is 6.88. The summed E-state index contributed by atoms with van der Waals surface area (Å²) in [6.45, 7) is 1.82. The molecule has 2 N–H and O–H groups in total. The molecule has 3 rings (SSSR count). The van der Waals surface area contributed by atoms with Gasteiger partial charge in [0.1, 0.15) is 5.75 Å². The fourth-order valence-corrected chi connectivity index (χ4v) is 3.30. The largest absolute Gasteiger partial charge is 0.484 e. The van der Waals surface area contributed by atoms with Crippen molar-refractivity contribution in [1.29, 1.82) is 0 Å². The van der Waals surface area contributed by atoms with Crippen molar-refractivity contribution in [2.45, 2.75) is 13.0 Å². The van der Waals surface area contributed by atoms with Gasteiger partial charge >= 0.3 is 0 Å². The SMILES string of the molecule is C[C@@H](NC(=O)COc1ccc(/C=N/NC(=O)c2ccc(Cl)cc2Cl)cc1)c1ccccc1. The molecule has 32 heavy (non-hydrogen) atoms. The summed E-state index contributed by atoms with van der Waals surface area (Å²) in [5.41, 5.74) is 4.45. The van der Waals surface area contributed by atoms with Gasteiger partial charge in [-0.1, -0.05) is 53.5 Å². The predicted octanol–water partition coefficient (Wildman–Crippen LogP) is 5.01. The van der Waals surface area contributed by atoms with Gasteiger partial charge in [-0.15, -0.1) is 0 Å². The van der Waals surface area contributed by atoms with Crippen molar-refractivity contribution in [3.05, 3.63) is 99.5 Å². The number of hydrogen-bond acceptors (Lipinski definition) is 4. The van der Waals surface area contributed by atoms with E-state index in [9.17, 15) is 9.59 Å². The van der Waals surface area contributed by atoms with Gasteiger partial charge in [-0.2, -0.15) is 5.10 Å². The number of hydrazone groups is 1. The fourth-order valence-electron chi connectivity index (χ4n) is 2.81. The summed E-state index contributed by atoms with van der Waals surface area (Å²) >= 11 is 11.8. The lowest BCUT2D eigenvalue weighted by Gasteiger charge is -2.14. The van der Waals surface area contributed by atoms with Gasteiger partial charge in [0, 0.05) is 5.02 Å². The number of amides is 2. The first-order chi connectivity index (χ1) is 15.4. The Hall–Kier alpha value is -3.35. The Morgan fingerprint density at radius 3 is 2.44 bits per heavy atom. The van der Waals surface area contributed by atoms with E-state index in [1.54, 1.807) is 30.3 Å². The van der Waals surface area contributed by atoms with Crippen molar-refractivity contribution in [3.63, 3.8) is 0 Å². The van der Waals surface area contributed by atoms with Crippen molar-refractivity contribution in [2.24, 2.45) is 5.10 Å². The summed E-state index contributed by atoms with van der Waals surface area (Å²) in [4.78, 5) is 24.2. The van der Waals surface area contributed by atoms with Crippen LogP contribution in [0.1, 0.15) is 34.5 Å². The molecule has 0 unspecified atom stereocenters. The molecule has 164 valence electrons. The van der Waals surface area contributed by atoms with Crippen LogP contribution in [0.15, 0.2) is 77.9 Å². The Labute approximate surface area is 196 Å². The number of nitrogens with zero attached hydrogens (tertiary/aromatic N) is 1. The van der Waals surface area contributed by atoms with Crippen LogP contribution in [-0.2, 0) is 4.79 Å². The molecule has 0 aliphatic carbocycles. The molecule has 0 heterocycles. The Bertz CT molecular complexity index is 1100. The lowest BCUT2D eigenvalue weighted by Crippen LogP contribution is -2.31.